The highest BCUT2D eigenvalue weighted by Gasteiger charge is 2.42. The Morgan fingerprint density at radius 1 is 1.18 bits per heavy atom. The first-order valence-corrected chi connectivity index (χ1v) is 11.2. The maximum absolute atomic E-state index is 12.9. The monoisotopic (exact) mass is 467 g/mol. The molecule has 2 rings (SSSR count). The second-order valence-electron chi connectivity index (χ2n) is 8.49. The van der Waals surface area contributed by atoms with Crippen LogP contribution < -0.4 is 10.1 Å². The van der Waals surface area contributed by atoms with Crippen LogP contribution >= 0.6 is 0 Å². The van der Waals surface area contributed by atoms with Crippen molar-refractivity contribution in [1.82, 2.24) is 5.32 Å². The number of ether oxygens (including phenoxy) is 2. The van der Waals surface area contributed by atoms with Crippen LogP contribution in [0.4, 0.5) is 4.39 Å². The Hall–Kier alpha value is -2.49. The van der Waals surface area contributed by atoms with E-state index >= 15 is 0 Å². The zero-order valence-electron chi connectivity index (χ0n) is 19.0. The van der Waals surface area contributed by atoms with Gasteiger partial charge in [-0.15, -0.1) is 0 Å². The molecule has 0 unspecified atom stereocenters. The number of esters is 1. The molecule has 1 aromatic rings. The molecular weight excluding hydrogens is 433 g/mol. The lowest BCUT2D eigenvalue weighted by atomic mass is 9.96. The van der Waals surface area contributed by atoms with Crippen LogP contribution in [0.2, 0.25) is 0 Å². The van der Waals surface area contributed by atoms with Gasteiger partial charge in [0, 0.05) is 18.8 Å². The molecule has 8 nitrogen and oxygen atoms in total. The zero-order valence-corrected chi connectivity index (χ0v) is 19.0. The number of nitrogens with one attached hydrogen (secondary N) is 1. The molecule has 0 aliphatic heterocycles. The number of aliphatic hydroxyl groups excluding tert-OH is 3. The van der Waals surface area contributed by atoms with Gasteiger partial charge in [0.1, 0.15) is 18.2 Å². The number of allylic oxidation sites excluding steroid dienone is 2. The summed E-state index contributed by atoms with van der Waals surface area (Å²) < 4.78 is 23.3. The summed E-state index contributed by atoms with van der Waals surface area (Å²) in [5, 5.41) is 33.3. The summed E-state index contributed by atoms with van der Waals surface area (Å²) in [6, 6.07) is 4.44. The number of aliphatic hydroxyl groups is 3. The van der Waals surface area contributed by atoms with Gasteiger partial charge in [0.05, 0.1) is 24.4 Å². The predicted octanol–water partition coefficient (Wildman–Crippen LogP) is 1.86. The number of rotatable bonds is 12. The van der Waals surface area contributed by atoms with Gasteiger partial charge in [-0.1, -0.05) is 12.2 Å². The molecule has 1 saturated carbocycles. The molecular formula is C24H34FNO7. The molecule has 0 bridgehead atoms. The molecule has 184 valence electrons. The van der Waals surface area contributed by atoms with Gasteiger partial charge < -0.3 is 30.1 Å². The zero-order chi connectivity index (χ0) is 24.4. The number of halogens is 1. The summed E-state index contributed by atoms with van der Waals surface area (Å²) in [4.78, 5) is 23.9. The van der Waals surface area contributed by atoms with Crippen LogP contribution in [0.15, 0.2) is 36.4 Å². The topological polar surface area (TPSA) is 125 Å². The first-order chi connectivity index (χ1) is 15.7. The van der Waals surface area contributed by atoms with Gasteiger partial charge in [-0.25, -0.2) is 4.39 Å². The van der Waals surface area contributed by atoms with E-state index in [9.17, 15) is 29.3 Å². The highest BCUT2D eigenvalue weighted by atomic mass is 19.1. The number of amides is 1. The van der Waals surface area contributed by atoms with E-state index in [1.165, 1.54) is 24.3 Å². The summed E-state index contributed by atoms with van der Waals surface area (Å²) in [6.07, 6.45) is 2.52. The van der Waals surface area contributed by atoms with E-state index in [0.717, 1.165) is 0 Å². The maximum atomic E-state index is 12.9. The molecule has 9 heteroatoms. The Morgan fingerprint density at radius 2 is 1.88 bits per heavy atom. The fraction of sp³-hybridized carbons (Fsp3) is 0.583. The van der Waals surface area contributed by atoms with Gasteiger partial charge in [0.15, 0.2) is 6.10 Å². The van der Waals surface area contributed by atoms with Crippen LogP contribution in [0.1, 0.15) is 46.0 Å². The van der Waals surface area contributed by atoms with Crippen LogP contribution in [0, 0.1) is 11.7 Å². The molecule has 1 aliphatic rings. The van der Waals surface area contributed by atoms with Gasteiger partial charge in [-0.3, -0.25) is 9.59 Å². The van der Waals surface area contributed by atoms with Crippen molar-refractivity contribution in [2.75, 3.05) is 6.61 Å². The van der Waals surface area contributed by atoms with Gasteiger partial charge in [0.2, 0.25) is 0 Å². The number of carbonyl (C=O) groups is 2. The lowest BCUT2D eigenvalue weighted by Gasteiger charge is -2.25. The predicted molar refractivity (Wildman–Crippen MR) is 119 cm³/mol. The second kappa shape index (κ2) is 13.3. The quantitative estimate of drug-likeness (QED) is 0.210. The van der Waals surface area contributed by atoms with Gasteiger partial charge >= 0.3 is 5.97 Å². The molecule has 33 heavy (non-hydrogen) atoms. The van der Waals surface area contributed by atoms with E-state index in [1.54, 1.807) is 13.8 Å². The Labute approximate surface area is 193 Å². The van der Waals surface area contributed by atoms with Crippen molar-refractivity contribution < 1.29 is 38.8 Å². The van der Waals surface area contributed by atoms with Crippen LogP contribution in [0.25, 0.3) is 0 Å². The number of carbonyl (C=O) groups excluding carboxylic acids is 2. The van der Waals surface area contributed by atoms with Gasteiger partial charge in [0.25, 0.3) is 5.91 Å². The van der Waals surface area contributed by atoms with Crippen molar-refractivity contribution in [2.45, 2.75) is 76.4 Å². The molecule has 1 aromatic carbocycles. The maximum Gasteiger partial charge on any atom is 0.306 e. The number of benzene rings is 1. The first-order valence-electron chi connectivity index (χ1n) is 11.2. The summed E-state index contributed by atoms with van der Waals surface area (Å²) >= 11 is 0. The minimum atomic E-state index is -1.50. The molecule has 5 atom stereocenters. The van der Waals surface area contributed by atoms with E-state index in [-0.39, 0.29) is 25.1 Å². The van der Waals surface area contributed by atoms with Crippen LogP contribution in [0.3, 0.4) is 0 Å². The molecule has 1 aliphatic carbocycles. The number of unbranched alkanes of at least 4 members (excludes halogenated alkanes) is 1. The van der Waals surface area contributed by atoms with Crippen LogP contribution in [0.5, 0.6) is 5.75 Å². The van der Waals surface area contributed by atoms with E-state index in [0.29, 0.717) is 31.4 Å². The van der Waals surface area contributed by atoms with E-state index < -0.39 is 42.0 Å². The summed E-state index contributed by atoms with van der Waals surface area (Å²) in [6.45, 7) is 3.25. The third-order valence-electron chi connectivity index (χ3n) is 5.38. The minimum absolute atomic E-state index is 0.118. The fourth-order valence-electron chi connectivity index (χ4n) is 3.70. The lowest BCUT2D eigenvalue weighted by molar-refractivity contribution is -0.147. The molecule has 1 amide bonds. The average Bonchev–Trinajstić information content (AvgIpc) is 3.01. The Bertz CT molecular complexity index is 784. The SMILES string of the molecule is CC(C)OC(=O)CCC/C=C\C[C@@H]1[C@@H](NC(=O)[C@H](O)COc2ccc(F)cc2)[C@H](O)C[C@@H]1O. The van der Waals surface area contributed by atoms with Crippen molar-refractivity contribution >= 4 is 11.9 Å². The molecule has 0 aromatic heterocycles. The Kier molecular flexibility index (Phi) is 10.8. The van der Waals surface area contributed by atoms with Crippen molar-refractivity contribution in [3.05, 3.63) is 42.2 Å². The molecule has 0 spiro atoms. The Morgan fingerprint density at radius 3 is 2.55 bits per heavy atom. The van der Waals surface area contributed by atoms with Crippen molar-refractivity contribution in [3.8, 4) is 5.75 Å². The lowest BCUT2D eigenvalue weighted by Crippen LogP contribution is -2.49. The van der Waals surface area contributed by atoms with Crippen LogP contribution in [-0.2, 0) is 14.3 Å². The van der Waals surface area contributed by atoms with Gasteiger partial charge in [-0.05, 0) is 57.4 Å². The molecule has 4 N–H and O–H groups in total. The molecule has 0 radical (unpaired) electrons. The molecule has 0 heterocycles. The third kappa shape index (κ3) is 9.11. The second-order valence-corrected chi connectivity index (χ2v) is 8.49. The summed E-state index contributed by atoms with van der Waals surface area (Å²) in [5.74, 6) is -1.51. The number of hydrogen-bond donors (Lipinski definition) is 4. The highest BCUT2D eigenvalue weighted by molar-refractivity contribution is 5.81. The average molecular weight is 468 g/mol. The molecule has 0 saturated heterocycles. The van der Waals surface area contributed by atoms with Crippen molar-refractivity contribution in [1.29, 1.82) is 0 Å². The normalized spacial score (nSPS) is 23.6. The first kappa shape index (κ1) is 26.8. The number of hydrogen-bond acceptors (Lipinski definition) is 7. The minimum Gasteiger partial charge on any atom is -0.490 e. The smallest absolute Gasteiger partial charge is 0.306 e. The van der Waals surface area contributed by atoms with Crippen molar-refractivity contribution in [3.63, 3.8) is 0 Å². The largest absolute Gasteiger partial charge is 0.490 e. The summed E-state index contributed by atoms with van der Waals surface area (Å²) in [7, 11) is 0. The summed E-state index contributed by atoms with van der Waals surface area (Å²) in [5.41, 5.74) is 0. The van der Waals surface area contributed by atoms with Gasteiger partial charge in [-0.2, -0.15) is 0 Å². The van der Waals surface area contributed by atoms with E-state index in [1.807, 2.05) is 12.2 Å². The molecule has 1 fully saturated rings. The van der Waals surface area contributed by atoms with Crippen molar-refractivity contribution in [2.24, 2.45) is 5.92 Å². The van der Waals surface area contributed by atoms with Crippen LogP contribution in [-0.4, -0.2) is 64.3 Å². The van der Waals surface area contributed by atoms with E-state index in [2.05, 4.69) is 5.32 Å². The fourth-order valence-corrected chi connectivity index (χ4v) is 3.70. The standard InChI is InChI=1S/C24H34FNO7/c1-15(2)33-22(30)8-6-4-3-5-7-18-19(27)13-20(28)23(18)26-24(31)21(29)14-32-17-11-9-16(25)10-12-17/h3,5,9-12,15,18-21,23,27-29H,4,6-8,13-14H2,1-2H3,(H,26,31)/b5-3-/t18-,19-,20+,21+,23+/m0/s1. The highest BCUT2D eigenvalue weighted by Crippen LogP contribution is 2.30. The van der Waals surface area contributed by atoms with E-state index in [4.69, 9.17) is 9.47 Å². The Balaban J connectivity index is 1.78. The third-order valence-corrected chi connectivity index (χ3v) is 5.38.